The van der Waals surface area contributed by atoms with Gasteiger partial charge in [0.1, 0.15) is 16.6 Å². The molecule has 1 aromatic heterocycles. The van der Waals surface area contributed by atoms with Crippen LogP contribution in [0.1, 0.15) is 16.4 Å². The first-order valence-corrected chi connectivity index (χ1v) is 5.54. The minimum atomic E-state index is -0.383. The second kappa shape index (κ2) is 4.24. The molecule has 0 radical (unpaired) electrons. The smallest absolute Gasteiger partial charge is 0.147 e. The maximum atomic E-state index is 13.5. The van der Waals surface area contributed by atoms with Crippen LogP contribution in [0.4, 0.5) is 4.39 Å². The maximum Gasteiger partial charge on any atom is 0.147 e. The summed E-state index contributed by atoms with van der Waals surface area (Å²) in [4.78, 5) is 4.17. The largest absolute Gasteiger partial charge is 0.225 e. The van der Waals surface area contributed by atoms with Crippen molar-refractivity contribution in [3.8, 4) is 0 Å². The Kier molecular flexibility index (Phi) is 2.98. The summed E-state index contributed by atoms with van der Waals surface area (Å²) in [6.45, 7) is 1.87. The average molecular weight is 243 g/mol. The Hall–Kier alpha value is -1.00. The van der Waals surface area contributed by atoms with Gasteiger partial charge in [0.2, 0.25) is 0 Å². The van der Waals surface area contributed by atoms with Crippen molar-refractivity contribution < 1.29 is 4.39 Å². The van der Waals surface area contributed by atoms with Crippen molar-refractivity contribution in [2.45, 2.75) is 13.3 Å². The molecule has 0 saturated carbocycles. The van der Waals surface area contributed by atoms with E-state index in [9.17, 15) is 4.39 Å². The van der Waals surface area contributed by atoms with E-state index in [4.69, 9.17) is 11.6 Å². The number of benzene rings is 1. The SMILES string of the molecule is Cc1nc(Cc2cccc(Cl)c2F)ns1. The van der Waals surface area contributed by atoms with Crippen molar-refractivity contribution in [3.05, 3.63) is 45.4 Å². The normalized spacial score (nSPS) is 10.6. The van der Waals surface area contributed by atoms with Crippen LogP contribution < -0.4 is 0 Å². The zero-order valence-electron chi connectivity index (χ0n) is 8.00. The number of halogens is 2. The predicted octanol–water partition coefficient (Wildman–Crippen LogP) is 3.23. The lowest BCUT2D eigenvalue weighted by molar-refractivity contribution is 0.613. The number of hydrogen-bond donors (Lipinski definition) is 0. The van der Waals surface area contributed by atoms with Crippen LogP contribution in [-0.4, -0.2) is 9.36 Å². The third kappa shape index (κ3) is 2.33. The standard InChI is InChI=1S/C10H8ClFN2S/c1-6-13-9(14-15-6)5-7-3-2-4-8(11)10(7)12/h2-4H,5H2,1H3. The van der Waals surface area contributed by atoms with E-state index in [1.165, 1.54) is 17.6 Å². The first kappa shape index (κ1) is 10.5. The van der Waals surface area contributed by atoms with Gasteiger partial charge in [-0.2, -0.15) is 4.37 Å². The molecule has 15 heavy (non-hydrogen) atoms. The molecule has 0 fully saturated rings. The minimum absolute atomic E-state index is 0.138. The van der Waals surface area contributed by atoms with Gasteiger partial charge in [-0.1, -0.05) is 23.7 Å². The Morgan fingerprint density at radius 2 is 2.27 bits per heavy atom. The molecule has 0 aliphatic carbocycles. The fraction of sp³-hybridized carbons (Fsp3) is 0.200. The Morgan fingerprint density at radius 3 is 2.93 bits per heavy atom. The maximum absolute atomic E-state index is 13.5. The van der Waals surface area contributed by atoms with E-state index >= 15 is 0 Å². The Balaban J connectivity index is 2.28. The lowest BCUT2D eigenvalue weighted by Crippen LogP contribution is -1.95. The highest BCUT2D eigenvalue weighted by Gasteiger charge is 2.09. The summed E-state index contributed by atoms with van der Waals surface area (Å²) < 4.78 is 17.6. The fourth-order valence-electron chi connectivity index (χ4n) is 1.27. The van der Waals surface area contributed by atoms with Gasteiger partial charge < -0.3 is 0 Å². The van der Waals surface area contributed by atoms with Crippen LogP contribution in [0.15, 0.2) is 18.2 Å². The van der Waals surface area contributed by atoms with Gasteiger partial charge in [-0.3, -0.25) is 0 Å². The zero-order chi connectivity index (χ0) is 10.8. The quantitative estimate of drug-likeness (QED) is 0.808. The first-order chi connectivity index (χ1) is 7.16. The van der Waals surface area contributed by atoms with Gasteiger partial charge >= 0.3 is 0 Å². The van der Waals surface area contributed by atoms with Crippen LogP contribution in [0.2, 0.25) is 5.02 Å². The monoisotopic (exact) mass is 242 g/mol. The molecule has 0 bridgehead atoms. The van der Waals surface area contributed by atoms with Crippen LogP contribution in [-0.2, 0) is 6.42 Å². The van der Waals surface area contributed by atoms with Crippen molar-refractivity contribution in [2.24, 2.45) is 0 Å². The molecule has 0 aliphatic rings. The number of aryl methyl sites for hydroxylation is 1. The van der Waals surface area contributed by atoms with Crippen molar-refractivity contribution >= 4 is 23.1 Å². The highest BCUT2D eigenvalue weighted by atomic mass is 35.5. The van der Waals surface area contributed by atoms with Crippen LogP contribution in [0.3, 0.4) is 0 Å². The van der Waals surface area contributed by atoms with Crippen LogP contribution in [0, 0.1) is 12.7 Å². The molecule has 78 valence electrons. The number of hydrogen-bond acceptors (Lipinski definition) is 3. The highest BCUT2D eigenvalue weighted by molar-refractivity contribution is 7.05. The summed E-state index contributed by atoms with van der Waals surface area (Å²) >= 11 is 6.99. The number of aromatic nitrogens is 2. The van der Waals surface area contributed by atoms with E-state index in [2.05, 4.69) is 9.36 Å². The summed E-state index contributed by atoms with van der Waals surface area (Å²) in [5, 5.41) is 1.02. The van der Waals surface area contributed by atoms with E-state index in [-0.39, 0.29) is 10.8 Å². The van der Waals surface area contributed by atoms with Crippen LogP contribution in [0.25, 0.3) is 0 Å². The van der Waals surface area contributed by atoms with E-state index in [0.29, 0.717) is 17.8 Å². The van der Waals surface area contributed by atoms with E-state index in [0.717, 1.165) is 5.01 Å². The lowest BCUT2D eigenvalue weighted by atomic mass is 10.1. The van der Waals surface area contributed by atoms with Crippen molar-refractivity contribution in [1.29, 1.82) is 0 Å². The molecule has 5 heteroatoms. The van der Waals surface area contributed by atoms with E-state index in [1.807, 2.05) is 6.92 Å². The third-order valence-electron chi connectivity index (χ3n) is 1.95. The van der Waals surface area contributed by atoms with Crippen molar-refractivity contribution in [3.63, 3.8) is 0 Å². The molecule has 0 atom stereocenters. The van der Waals surface area contributed by atoms with E-state index < -0.39 is 0 Å². The van der Waals surface area contributed by atoms with Gasteiger partial charge in [0.05, 0.1) is 5.02 Å². The second-order valence-electron chi connectivity index (χ2n) is 3.12. The van der Waals surface area contributed by atoms with E-state index in [1.54, 1.807) is 12.1 Å². The molecule has 2 aromatic rings. The van der Waals surface area contributed by atoms with Crippen molar-refractivity contribution in [2.75, 3.05) is 0 Å². The van der Waals surface area contributed by atoms with Gasteiger partial charge in [0, 0.05) is 6.42 Å². The predicted molar refractivity (Wildman–Crippen MR) is 58.9 cm³/mol. The van der Waals surface area contributed by atoms with Gasteiger partial charge in [-0.25, -0.2) is 9.37 Å². The van der Waals surface area contributed by atoms with Crippen molar-refractivity contribution in [1.82, 2.24) is 9.36 Å². The van der Waals surface area contributed by atoms with Gasteiger partial charge in [0.25, 0.3) is 0 Å². The van der Waals surface area contributed by atoms with Gasteiger partial charge in [-0.15, -0.1) is 0 Å². The van der Waals surface area contributed by atoms with Gasteiger partial charge in [-0.05, 0) is 30.1 Å². The molecule has 0 aliphatic heterocycles. The number of rotatable bonds is 2. The molecule has 2 nitrogen and oxygen atoms in total. The topological polar surface area (TPSA) is 25.8 Å². The summed E-state index contributed by atoms with van der Waals surface area (Å²) in [6.07, 6.45) is 0.386. The molecule has 2 rings (SSSR count). The molecule has 0 saturated heterocycles. The molecule has 0 spiro atoms. The minimum Gasteiger partial charge on any atom is -0.225 e. The summed E-state index contributed by atoms with van der Waals surface area (Å²) in [5.41, 5.74) is 0.528. The summed E-state index contributed by atoms with van der Waals surface area (Å²) in [6, 6.07) is 4.94. The zero-order valence-corrected chi connectivity index (χ0v) is 9.57. The second-order valence-corrected chi connectivity index (χ2v) is 4.48. The van der Waals surface area contributed by atoms with Crippen LogP contribution >= 0.6 is 23.1 Å². The average Bonchev–Trinajstić information content (AvgIpc) is 2.59. The molecule has 1 aromatic carbocycles. The highest BCUT2D eigenvalue weighted by Crippen LogP contribution is 2.20. The van der Waals surface area contributed by atoms with Crippen LogP contribution in [0.5, 0.6) is 0 Å². The molecular weight excluding hydrogens is 235 g/mol. The Morgan fingerprint density at radius 1 is 1.47 bits per heavy atom. The molecular formula is C10H8ClFN2S. The third-order valence-corrected chi connectivity index (χ3v) is 2.90. The molecule has 1 heterocycles. The molecule has 0 amide bonds. The Labute approximate surface area is 95.9 Å². The Bertz CT molecular complexity index is 484. The lowest BCUT2D eigenvalue weighted by Gasteiger charge is -2.00. The summed E-state index contributed by atoms with van der Waals surface area (Å²) in [5.74, 6) is 0.255. The first-order valence-electron chi connectivity index (χ1n) is 4.39. The molecule has 0 N–H and O–H groups in total. The summed E-state index contributed by atoms with van der Waals surface area (Å²) in [7, 11) is 0. The number of nitrogens with zero attached hydrogens (tertiary/aromatic N) is 2. The molecule has 0 unspecified atom stereocenters. The van der Waals surface area contributed by atoms with Gasteiger partial charge in [0.15, 0.2) is 0 Å². The fourth-order valence-corrected chi connectivity index (χ4v) is 1.95.